The van der Waals surface area contributed by atoms with Crippen molar-refractivity contribution in [2.24, 2.45) is 11.8 Å². The number of nitrogens with zero attached hydrogens (tertiary/aromatic N) is 1. The smallest absolute Gasteiger partial charge is 0.234 e. The van der Waals surface area contributed by atoms with E-state index >= 15 is 0 Å². The molecule has 1 fully saturated rings. The van der Waals surface area contributed by atoms with Crippen LogP contribution in [0.2, 0.25) is 0 Å². The van der Waals surface area contributed by atoms with Gasteiger partial charge in [0, 0.05) is 19.1 Å². The van der Waals surface area contributed by atoms with E-state index in [0.717, 1.165) is 31.8 Å². The highest BCUT2D eigenvalue weighted by atomic mass is 16.3. The molecule has 0 spiro atoms. The highest BCUT2D eigenvalue weighted by Crippen LogP contribution is 2.16. The van der Waals surface area contributed by atoms with Crippen molar-refractivity contribution in [3.63, 3.8) is 0 Å². The van der Waals surface area contributed by atoms with Crippen LogP contribution in [0.25, 0.3) is 0 Å². The van der Waals surface area contributed by atoms with E-state index in [1.54, 1.807) is 0 Å². The Morgan fingerprint density at radius 1 is 1.35 bits per heavy atom. The van der Waals surface area contributed by atoms with Crippen LogP contribution in [0, 0.1) is 11.8 Å². The second-order valence-electron chi connectivity index (χ2n) is 6.86. The summed E-state index contributed by atoms with van der Waals surface area (Å²) in [5.74, 6) is 1.12. The van der Waals surface area contributed by atoms with Crippen molar-refractivity contribution in [2.75, 3.05) is 19.6 Å². The maximum absolute atomic E-state index is 12.0. The molecule has 4 heteroatoms. The van der Waals surface area contributed by atoms with Gasteiger partial charge in [0.1, 0.15) is 0 Å². The van der Waals surface area contributed by atoms with Gasteiger partial charge in [-0.2, -0.15) is 0 Å². The number of nitrogens with one attached hydrogen (secondary N) is 1. The van der Waals surface area contributed by atoms with Crippen LogP contribution < -0.4 is 5.32 Å². The average Bonchev–Trinajstić information content (AvgIpc) is 2.33. The number of aliphatic hydroxyl groups excluding tert-OH is 1. The number of hydrogen-bond acceptors (Lipinski definition) is 3. The largest absolute Gasteiger partial charge is 0.393 e. The Balaban J connectivity index is 2.19. The van der Waals surface area contributed by atoms with E-state index in [-0.39, 0.29) is 24.0 Å². The molecule has 0 bridgehead atoms. The first-order chi connectivity index (χ1) is 9.38. The van der Waals surface area contributed by atoms with Crippen molar-refractivity contribution in [2.45, 2.75) is 65.5 Å². The molecule has 1 rings (SSSR count). The van der Waals surface area contributed by atoms with Gasteiger partial charge >= 0.3 is 0 Å². The number of likely N-dealkylation sites (tertiary alicyclic amines) is 1. The van der Waals surface area contributed by atoms with Crippen molar-refractivity contribution in [3.05, 3.63) is 0 Å². The minimum atomic E-state index is -0.204. The molecule has 1 saturated heterocycles. The Morgan fingerprint density at radius 2 is 2.05 bits per heavy atom. The predicted molar refractivity (Wildman–Crippen MR) is 82.5 cm³/mol. The zero-order chi connectivity index (χ0) is 15.1. The van der Waals surface area contributed by atoms with E-state index in [0.29, 0.717) is 6.54 Å². The number of aliphatic hydroxyl groups is 1. The maximum Gasteiger partial charge on any atom is 0.234 e. The summed E-state index contributed by atoms with van der Waals surface area (Å²) in [6, 6.07) is 0.258. The Bertz CT molecular complexity index is 294. The van der Waals surface area contributed by atoms with Gasteiger partial charge in [0.15, 0.2) is 0 Å². The molecule has 0 aromatic carbocycles. The Kier molecular flexibility index (Phi) is 7.52. The number of hydrogen-bond donors (Lipinski definition) is 2. The molecular weight excluding hydrogens is 252 g/mol. The lowest BCUT2D eigenvalue weighted by molar-refractivity contribution is -0.123. The fraction of sp³-hybridized carbons (Fsp3) is 0.938. The van der Waals surface area contributed by atoms with E-state index in [1.165, 1.54) is 12.8 Å². The topological polar surface area (TPSA) is 52.6 Å². The van der Waals surface area contributed by atoms with E-state index in [4.69, 9.17) is 0 Å². The minimum absolute atomic E-state index is 0.116. The minimum Gasteiger partial charge on any atom is -0.393 e. The van der Waals surface area contributed by atoms with Crippen LogP contribution in [0.3, 0.4) is 0 Å². The standard InChI is InChI=1S/C16H32N2O2/c1-12(2)6-5-7-14(4)17-16(20)11-18-9-8-15(19)13(3)10-18/h12-15,19H,5-11H2,1-4H3,(H,17,20). The van der Waals surface area contributed by atoms with Gasteiger partial charge in [0.25, 0.3) is 0 Å². The summed E-state index contributed by atoms with van der Waals surface area (Å²) < 4.78 is 0. The second kappa shape index (κ2) is 8.63. The molecule has 0 saturated carbocycles. The third-order valence-corrected chi connectivity index (χ3v) is 4.14. The van der Waals surface area contributed by atoms with Crippen molar-refractivity contribution < 1.29 is 9.90 Å². The summed E-state index contributed by atoms with van der Waals surface area (Å²) in [5.41, 5.74) is 0. The molecule has 0 radical (unpaired) electrons. The third-order valence-electron chi connectivity index (χ3n) is 4.14. The molecule has 0 aliphatic carbocycles. The summed E-state index contributed by atoms with van der Waals surface area (Å²) in [6.45, 7) is 10.7. The van der Waals surface area contributed by atoms with Crippen LogP contribution in [-0.2, 0) is 4.79 Å². The number of amides is 1. The van der Waals surface area contributed by atoms with Gasteiger partial charge < -0.3 is 10.4 Å². The lowest BCUT2D eigenvalue weighted by Gasteiger charge is -2.34. The van der Waals surface area contributed by atoms with Crippen molar-refractivity contribution >= 4 is 5.91 Å². The molecule has 0 aromatic heterocycles. The predicted octanol–water partition coefficient (Wildman–Crippen LogP) is 2.02. The van der Waals surface area contributed by atoms with Crippen molar-refractivity contribution in [3.8, 4) is 0 Å². The normalized spacial score (nSPS) is 25.7. The van der Waals surface area contributed by atoms with E-state index in [9.17, 15) is 9.90 Å². The van der Waals surface area contributed by atoms with Crippen LogP contribution >= 0.6 is 0 Å². The van der Waals surface area contributed by atoms with Crippen LogP contribution in [0.4, 0.5) is 0 Å². The Labute approximate surface area is 123 Å². The molecular formula is C16H32N2O2. The molecule has 2 N–H and O–H groups in total. The summed E-state index contributed by atoms with van der Waals surface area (Å²) in [6.07, 6.45) is 4.02. The van der Waals surface area contributed by atoms with Gasteiger partial charge in [-0.15, -0.1) is 0 Å². The molecule has 118 valence electrons. The molecule has 1 aliphatic rings. The van der Waals surface area contributed by atoms with E-state index in [1.807, 2.05) is 6.92 Å². The zero-order valence-electron chi connectivity index (χ0n) is 13.6. The molecule has 20 heavy (non-hydrogen) atoms. The fourth-order valence-electron chi connectivity index (χ4n) is 2.79. The molecule has 3 unspecified atom stereocenters. The van der Waals surface area contributed by atoms with Gasteiger partial charge in [-0.1, -0.05) is 33.6 Å². The molecule has 1 aliphatic heterocycles. The lowest BCUT2D eigenvalue weighted by atomic mass is 9.97. The van der Waals surface area contributed by atoms with E-state index < -0.39 is 0 Å². The third kappa shape index (κ3) is 6.71. The molecule has 1 heterocycles. The average molecular weight is 284 g/mol. The molecule has 0 aromatic rings. The van der Waals surface area contributed by atoms with Gasteiger partial charge in [-0.25, -0.2) is 0 Å². The first-order valence-electron chi connectivity index (χ1n) is 8.08. The fourth-order valence-corrected chi connectivity index (χ4v) is 2.79. The monoisotopic (exact) mass is 284 g/mol. The second-order valence-corrected chi connectivity index (χ2v) is 6.86. The van der Waals surface area contributed by atoms with Crippen LogP contribution in [-0.4, -0.2) is 47.7 Å². The number of carbonyl (C=O) groups is 1. The van der Waals surface area contributed by atoms with Crippen LogP contribution in [0.15, 0.2) is 0 Å². The summed E-state index contributed by atoms with van der Waals surface area (Å²) in [5, 5.41) is 12.8. The first kappa shape index (κ1) is 17.4. The number of carbonyl (C=O) groups excluding carboxylic acids is 1. The van der Waals surface area contributed by atoms with Crippen LogP contribution in [0.5, 0.6) is 0 Å². The zero-order valence-corrected chi connectivity index (χ0v) is 13.6. The summed E-state index contributed by atoms with van der Waals surface area (Å²) >= 11 is 0. The SMILES string of the molecule is CC(C)CCCC(C)NC(=O)CN1CCC(O)C(C)C1. The summed E-state index contributed by atoms with van der Waals surface area (Å²) in [4.78, 5) is 14.1. The summed E-state index contributed by atoms with van der Waals surface area (Å²) in [7, 11) is 0. The number of piperidine rings is 1. The Hall–Kier alpha value is -0.610. The molecule has 4 nitrogen and oxygen atoms in total. The van der Waals surface area contributed by atoms with Crippen LogP contribution in [0.1, 0.15) is 53.4 Å². The first-order valence-corrected chi connectivity index (χ1v) is 8.08. The van der Waals surface area contributed by atoms with E-state index in [2.05, 4.69) is 31.0 Å². The number of rotatable bonds is 7. The highest BCUT2D eigenvalue weighted by molar-refractivity contribution is 5.78. The highest BCUT2D eigenvalue weighted by Gasteiger charge is 2.25. The van der Waals surface area contributed by atoms with Crippen molar-refractivity contribution in [1.82, 2.24) is 10.2 Å². The molecule has 1 amide bonds. The maximum atomic E-state index is 12.0. The van der Waals surface area contributed by atoms with Gasteiger partial charge in [0.05, 0.1) is 12.6 Å². The van der Waals surface area contributed by atoms with Gasteiger partial charge in [0.2, 0.25) is 5.91 Å². The Morgan fingerprint density at radius 3 is 2.65 bits per heavy atom. The molecule has 3 atom stereocenters. The quantitative estimate of drug-likeness (QED) is 0.752. The lowest BCUT2D eigenvalue weighted by Crippen LogP contribution is -2.47. The van der Waals surface area contributed by atoms with Crippen molar-refractivity contribution in [1.29, 1.82) is 0 Å². The van der Waals surface area contributed by atoms with Gasteiger partial charge in [-0.05, 0) is 31.6 Å². The van der Waals surface area contributed by atoms with Gasteiger partial charge in [-0.3, -0.25) is 9.69 Å².